The molecule has 102 valence electrons. The molecule has 0 aliphatic heterocycles. The number of benzene rings is 1. The molecule has 0 aliphatic carbocycles. The molecule has 0 radical (unpaired) electrons. The number of hydrogen-bond acceptors (Lipinski definition) is 1. The minimum Gasteiger partial charge on any atom is -0.171 e. The Hall–Kier alpha value is -0.350. The number of alkyl halides is 3. The van der Waals surface area contributed by atoms with E-state index in [1.807, 2.05) is 24.3 Å². The van der Waals surface area contributed by atoms with Crippen molar-refractivity contribution in [3.63, 3.8) is 0 Å². The van der Waals surface area contributed by atoms with E-state index in [2.05, 4.69) is 6.92 Å². The first kappa shape index (κ1) is 15.7. The van der Waals surface area contributed by atoms with Crippen LogP contribution in [0.5, 0.6) is 0 Å². The molecule has 18 heavy (non-hydrogen) atoms. The lowest BCUT2D eigenvalue weighted by atomic mass is 10.0. The van der Waals surface area contributed by atoms with Crippen LogP contribution in [-0.4, -0.2) is 17.7 Å². The fraction of sp³-hybridized carbons (Fsp3) is 0.538. The standard InChI is InChI=1S/C13H16ClF3S/c1-10(9-18-7-6-13(15,16)17)8-11-2-4-12(14)5-3-11/h2-5,10H,6-9H2,1H3. The molecule has 1 atom stereocenters. The van der Waals surface area contributed by atoms with Gasteiger partial charge in [0.25, 0.3) is 0 Å². The van der Waals surface area contributed by atoms with Crippen molar-refractivity contribution in [1.82, 2.24) is 0 Å². The van der Waals surface area contributed by atoms with E-state index in [0.717, 1.165) is 12.2 Å². The van der Waals surface area contributed by atoms with Crippen molar-refractivity contribution in [3.8, 4) is 0 Å². The first-order valence-corrected chi connectivity index (χ1v) is 7.29. The lowest BCUT2D eigenvalue weighted by molar-refractivity contribution is -0.129. The highest BCUT2D eigenvalue weighted by Gasteiger charge is 2.26. The van der Waals surface area contributed by atoms with E-state index in [9.17, 15) is 13.2 Å². The van der Waals surface area contributed by atoms with Crippen LogP contribution in [0, 0.1) is 5.92 Å². The monoisotopic (exact) mass is 296 g/mol. The molecule has 0 amide bonds. The van der Waals surface area contributed by atoms with Gasteiger partial charge in [0.1, 0.15) is 0 Å². The lowest BCUT2D eigenvalue weighted by Crippen LogP contribution is -2.10. The van der Waals surface area contributed by atoms with Crippen molar-refractivity contribution in [3.05, 3.63) is 34.9 Å². The molecular weight excluding hydrogens is 281 g/mol. The van der Waals surface area contributed by atoms with Crippen LogP contribution in [0.15, 0.2) is 24.3 Å². The molecule has 1 rings (SSSR count). The topological polar surface area (TPSA) is 0 Å². The van der Waals surface area contributed by atoms with Gasteiger partial charge in [0, 0.05) is 10.8 Å². The van der Waals surface area contributed by atoms with Crippen LogP contribution < -0.4 is 0 Å². The predicted octanol–water partition coefficient (Wildman–Crippen LogP) is 5.20. The van der Waals surface area contributed by atoms with Crippen LogP contribution in [0.3, 0.4) is 0 Å². The normalized spacial score (nSPS) is 13.6. The molecule has 0 N–H and O–H groups in total. The molecular formula is C13H16ClF3S. The Labute approximate surface area is 115 Å². The molecule has 0 aromatic heterocycles. The van der Waals surface area contributed by atoms with Crippen molar-refractivity contribution in [1.29, 1.82) is 0 Å². The molecule has 0 aliphatic rings. The second kappa shape index (κ2) is 7.29. The fourth-order valence-electron chi connectivity index (χ4n) is 1.55. The lowest BCUT2D eigenvalue weighted by Gasteiger charge is -2.12. The molecule has 0 heterocycles. The minimum absolute atomic E-state index is 0.147. The second-order valence-corrected chi connectivity index (χ2v) is 5.96. The largest absolute Gasteiger partial charge is 0.389 e. The molecule has 1 unspecified atom stereocenters. The van der Waals surface area contributed by atoms with Crippen LogP contribution in [0.25, 0.3) is 0 Å². The van der Waals surface area contributed by atoms with Crippen molar-refractivity contribution >= 4 is 23.4 Å². The zero-order valence-corrected chi connectivity index (χ0v) is 11.7. The van der Waals surface area contributed by atoms with Crippen LogP contribution >= 0.6 is 23.4 Å². The summed E-state index contributed by atoms with van der Waals surface area (Å²) in [5.41, 5.74) is 1.17. The Morgan fingerprint density at radius 3 is 2.39 bits per heavy atom. The van der Waals surface area contributed by atoms with Gasteiger partial charge in [-0.05, 0) is 35.8 Å². The summed E-state index contributed by atoms with van der Waals surface area (Å²) < 4.78 is 35.8. The number of halogens is 4. The second-order valence-electron chi connectivity index (χ2n) is 4.38. The summed E-state index contributed by atoms with van der Waals surface area (Å²) in [4.78, 5) is 0. The highest BCUT2D eigenvalue weighted by Crippen LogP contribution is 2.23. The molecule has 0 spiro atoms. The van der Waals surface area contributed by atoms with E-state index >= 15 is 0 Å². The van der Waals surface area contributed by atoms with Gasteiger partial charge in [0.05, 0.1) is 6.42 Å². The molecule has 0 saturated heterocycles. The van der Waals surface area contributed by atoms with Gasteiger partial charge < -0.3 is 0 Å². The van der Waals surface area contributed by atoms with Crippen molar-refractivity contribution in [2.75, 3.05) is 11.5 Å². The fourth-order valence-corrected chi connectivity index (χ4v) is 2.74. The van der Waals surface area contributed by atoms with Gasteiger partial charge in [-0.15, -0.1) is 0 Å². The number of rotatable bonds is 6. The highest BCUT2D eigenvalue weighted by atomic mass is 35.5. The Morgan fingerprint density at radius 1 is 1.22 bits per heavy atom. The van der Waals surface area contributed by atoms with Gasteiger partial charge in [0.2, 0.25) is 0 Å². The van der Waals surface area contributed by atoms with Crippen LogP contribution in [0.4, 0.5) is 13.2 Å². The first-order chi connectivity index (χ1) is 8.37. The maximum Gasteiger partial charge on any atom is 0.389 e. The van der Waals surface area contributed by atoms with E-state index in [0.29, 0.717) is 10.9 Å². The average molecular weight is 297 g/mol. The SMILES string of the molecule is CC(CSCCC(F)(F)F)Cc1ccc(Cl)cc1. The molecule has 1 aromatic rings. The summed E-state index contributed by atoms with van der Waals surface area (Å²) in [6, 6.07) is 7.58. The smallest absolute Gasteiger partial charge is 0.171 e. The molecule has 1 aromatic carbocycles. The third-order valence-electron chi connectivity index (χ3n) is 2.43. The highest BCUT2D eigenvalue weighted by molar-refractivity contribution is 7.99. The summed E-state index contributed by atoms with van der Waals surface area (Å²) in [6.07, 6.45) is -3.87. The van der Waals surface area contributed by atoms with E-state index in [-0.39, 0.29) is 5.75 Å². The summed E-state index contributed by atoms with van der Waals surface area (Å²) in [7, 11) is 0. The van der Waals surface area contributed by atoms with Crippen LogP contribution in [0.1, 0.15) is 18.9 Å². The summed E-state index contributed by atoms with van der Waals surface area (Å²) in [6.45, 7) is 2.05. The van der Waals surface area contributed by atoms with E-state index in [1.165, 1.54) is 17.3 Å². The first-order valence-electron chi connectivity index (χ1n) is 5.76. The van der Waals surface area contributed by atoms with Gasteiger partial charge in [-0.2, -0.15) is 24.9 Å². The third kappa shape index (κ3) is 7.17. The van der Waals surface area contributed by atoms with E-state index in [1.54, 1.807) is 0 Å². The Kier molecular flexibility index (Phi) is 6.36. The van der Waals surface area contributed by atoms with E-state index < -0.39 is 12.6 Å². The number of thioether (sulfide) groups is 1. The number of hydrogen-bond donors (Lipinski definition) is 0. The zero-order valence-electron chi connectivity index (χ0n) is 10.1. The third-order valence-corrected chi connectivity index (χ3v) is 3.98. The molecule has 0 saturated carbocycles. The average Bonchev–Trinajstić information content (AvgIpc) is 2.26. The minimum atomic E-state index is -4.04. The maximum atomic E-state index is 11.9. The molecule has 0 fully saturated rings. The van der Waals surface area contributed by atoms with Gasteiger partial charge >= 0.3 is 6.18 Å². The van der Waals surface area contributed by atoms with E-state index in [4.69, 9.17) is 11.6 Å². The molecule has 5 heteroatoms. The summed E-state index contributed by atoms with van der Waals surface area (Å²) in [5, 5.41) is 0.700. The van der Waals surface area contributed by atoms with Gasteiger partial charge in [-0.3, -0.25) is 0 Å². The summed E-state index contributed by atoms with van der Waals surface area (Å²) >= 11 is 7.15. The predicted molar refractivity (Wildman–Crippen MR) is 72.3 cm³/mol. The molecule has 0 nitrogen and oxygen atoms in total. The van der Waals surface area contributed by atoms with Crippen molar-refractivity contribution in [2.45, 2.75) is 25.9 Å². The Bertz CT molecular complexity index is 348. The van der Waals surface area contributed by atoms with Gasteiger partial charge in [-0.25, -0.2) is 0 Å². The summed E-state index contributed by atoms with van der Waals surface area (Å²) in [5.74, 6) is 1.26. The Morgan fingerprint density at radius 2 is 1.83 bits per heavy atom. The Balaban J connectivity index is 2.21. The molecule has 0 bridgehead atoms. The van der Waals surface area contributed by atoms with Crippen LogP contribution in [-0.2, 0) is 6.42 Å². The zero-order chi connectivity index (χ0) is 13.6. The van der Waals surface area contributed by atoms with Crippen LogP contribution in [0.2, 0.25) is 5.02 Å². The quantitative estimate of drug-likeness (QED) is 0.650. The van der Waals surface area contributed by atoms with Crippen molar-refractivity contribution in [2.24, 2.45) is 5.92 Å². The maximum absolute atomic E-state index is 11.9. The van der Waals surface area contributed by atoms with Gasteiger partial charge in [0.15, 0.2) is 0 Å². The van der Waals surface area contributed by atoms with Gasteiger partial charge in [-0.1, -0.05) is 30.7 Å². The van der Waals surface area contributed by atoms with Crippen molar-refractivity contribution < 1.29 is 13.2 Å².